The van der Waals surface area contributed by atoms with Crippen LogP contribution in [0.5, 0.6) is 17.2 Å². The molecule has 0 radical (unpaired) electrons. The number of hydrogen-bond acceptors (Lipinski definition) is 4. The molecule has 0 unspecified atom stereocenters. The molecule has 144 valence electrons. The van der Waals surface area contributed by atoms with Crippen LogP contribution >= 0.6 is 0 Å². The molecule has 0 spiro atoms. The van der Waals surface area contributed by atoms with E-state index in [0.29, 0.717) is 12.3 Å². The Morgan fingerprint density at radius 2 is 1.79 bits per heavy atom. The Hall–Kier alpha value is -3.31. The first-order valence-corrected chi connectivity index (χ1v) is 9.08. The highest BCUT2D eigenvalue weighted by Crippen LogP contribution is 2.26. The third-order valence-electron chi connectivity index (χ3n) is 4.49. The number of fused-ring (bicyclic) bond motifs is 1. The summed E-state index contributed by atoms with van der Waals surface area (Å²) in [7, 11) is 3.20. The molecule has 28 heavy (non-hydrogen) atoms. The first-order chi connectivity index (χ1) is 13.7. The topological polar surface area (TPSA) is 68.6 Å². The molecule has 5 heteroatoms. The molecule has 0 amide bonds. The predicted octanol–water partition coefficient (Wildman–Crippen LogP) is 3.54. The van der Waals surface area contributed by atoms with Crippen LogP contribution in [-0.2, 0) is 6.54 Å². The summed E-state index contributed by atoms with van der Waals surface area (Å²) >= 11 is 0. The summed E-state index contributed by atoms with van der Waals surface area (Å²) in [5, 5.41) is 10.8. The average molecular weight is 377 g/mol. The highest BCUT2D eigenvalue weighted by molar-refractivity contribution is 5.78. The van der Waals surface area contributed by atoms with Gasteiger partial charge >= 0.3 is 0 Å². The van der Waals surface area contributed by atoms with Crippen LogP contribution in [-0.4, -0.2) is 25.9 Å². The quantitative estimate of drug-likeness (QED) is 0.488. The number of nitrogens with zero attached hydrogens (tertiary/aromatic N) is 1. The maximum Gasteiger partial charge on any atom is 0.213 e. The molecule has 5 nitrogen and oxygen atoms in total. The van der Waals surface area contributed by atoms with Crippen molar-refractivity contribution in [1.29, 1.82) is 0 Å². The van der Waals surface area contributed by atoms with Crippen molar-refractivity contribution in [3.63, 3.8) is 0 Å². The Morgan fingerprint density at radius 3 is 2.54 bits per heavy atom. The summed E-state index contributed by atoms with van der Waals surface area (Å²) in [5.74, 6) is 1.42. The number of phenols is 1. The number of pyridine rings is 1. The number of methoxy groups -OCH3 is 2. The minimum atomic E-state index is 0.130. The van der Waals surface area contributed by atoms with E-state index in [9.17, 15) is 5.11 Å². The zero-order valence-electron chi connectivity index (χ0n) is 16.1. The molecule has 0 atom stereocenters. The number of aromatic nitrogens is 1. The molecule has 3 aromatic rings. The summed E-state index contributed by atoms with van der Waals surface area (Å²) in [6, 6.07) is 15.4. The number of aromatic hydroxyl groups is 1. The molecule has 3 rings (SSSR count). The van der Waals surface area contributed by atoms with Crippen LogP contribution in [0, 0.1) is 0 Å². The van der Waals surface area contributed by atoms with Gasteiger partial charge in [-0.25, -0.2) is 0 Å². The summed E-state index contributed by atoms with van der Waals surface area (Å²) in [5.41, 5.74) is 8.95. The van der Waals surface area contributed by atoms with E-state index in [2.05, 4.69) is 22.8 Å². The first-order valence-electron chi connectivity index (χ1n) is 9.08. The zero-order valence-corrected chi connectivity index (χ0v) is 16.1. The van der Waals surface area contributed by atoms with Crippen molar-refractivity contribution in [2.24, 2.45) is 5.73 Å². The second kappa shape index (κ2) is 9.06. The molecule has 3 N–H and O–H groups in total. The number of benzene rings is 2. The van der Waals surface area contributed by atoms with Gasteiger partial charge in [0.2, 0.25) is 11.2 Å². The van der Waals surface area contributed by atoms with Gasteiger partial charge in [-0.2, -0.15) is 4.57 Å². The molecule has 0 aliphatic carbocycles. The lowest BCUT2D eigenvalue weighted by Crippen LogP contribution is -2.41. The standard InChI is InChI=1S/C23H24N2O3/c1-27-20-10-11-21-18(16-20)8-9-19(25(21)14-13-24)6-4-3-5-17-7-12-22(26)23(15-17)28-2/h3-12,15-16H,13-14,24H2,1-2H3/p+1. The molecule has 0 aliphatic rings. The van der Waals surface area contributed by atoms with Crippen molar-refractivity contribution in [2.45, 2.75) is 6.54 Å². The van der Waals surface area contributed by atoms with Gasteiger partial charge in [-0.1, -0.05) is 24.3 Å². The largest absolute Gasteiger partial charge is 0.504 e. The molecule has 0 aliphatic heterocycles. The molecule has 1 heterocycles. The highest BCUT2D eigenvalue weighted by atomic mass is 16.5. The summed E-state index contributed by atoms with van der Waals surface area (Å²) in [6.45, 7) is 1.28. The Bertz CT molecular complexity index is 1030. The van der Waals surface area contributed by atoms with Gasteiger partial charge in [-0.3, -0.25) is 0 Å². The van der Waals surface area contributed by atoms with Gasteiger partial charge in [0, 0.05) is 18.2 Å². The van der Waals surface area contributed by atoms with Crippen LogP contribution in [0.3, 0.4) is 0 Å². The monoisotopic (exact) mass is 377 g/mol. The molecule has 0 saturated carbocycles. The number of ether oxygens (including phenoxy) is 2. The van der Waals surface area contributed by atoms with Crippen LogP contribution in [0.2, 0.25) is 0 Å². The maximum atomic E-state index is 9.67. The molecular weight excluding hydrogens is 352 g/mol. The number of rotatable bonds is 7. The molecule has 2 aromatic carbocycles. The maximum absolute atomic E-state index is 9.67. The van der Waals surface area contributed by atoms with Gasteiger partial charge in [0.05, 0.1) is 26.2 Å². The first kappa shape index (κ1) is 19.5. The Morgan fingerprint density at radius 1 is 0.964 bits per heavy atom. The normalized spacial score (nSPS) is 11.5. The molecule has 0 fully saturated rings. The van der Waals surface area contributed by atoms with Crippen molar-refractivity contribution >= 4 is 23.1 Å². The van der Waals surface area contributed by atoms with E-state index in [0.717, 1.165) is 34.5 Å². The van der Waals surface area contributed by atoms with E-state index >= 15 is 0 Å². The van der Waals surface area contributed by atoms with E-state index in [-0.39, 0.29) is 5.75 Å². The fraction of sp³-hybridized carbons (Fsp3) is 0.174. The van der Waals surface area contributed by atoms with Crippen LogP contribution in [0.15, 0.2) is 60.7 Å². The summed E-state index contributed by atoms with van der Waals surface area (Å²) < 4.78 is 12.6. The van der Waals surface area contributed by atoms with Crippen molar-refractivity contribution < 1.29 is 19.1 Å². The van der Waals surface area contributed by atoms with Gasteiger partial charge < -0.3 is 20.3 Å². The lowest BCUT2D eigenvalue weighted by Gasteiger charge is -2.06. The van der Waals surface area contributed by atoms with Crippen molar-refractivity contribution in [3.05, 3.63) is 71.9 Å². The van der Waals surface area contributed by atoms with Crippen molar-refractivity contribution in [1.82, 2.24) is 0 Å². The Balaban J connectivity index is 1.87. The second-order valence-electron chi connectivity index (χ2n) is 6.27. The van der Waals surface area contributed by atoms with E-state index in [1.54, 1.807) is 19.2 Å². The lowest BCUT2D eigenvalue weighted by molar-refractivity contribution is -0.670. The van der Waals surface area contributed by atoms with E-state index < -0.39 is 0 Å². The SMILES string of the molecule is COc1ccc2c(ccc(/C=C/C=C/c3ccc(O)c(OC)c3)[n+]2CCN)c1. The molecule has 0 bridgehead atoms. The van der Waals surface area contributed by atoms with Gasteiger partial charge in [-0.05, 0) is 35.9 Å². The number of phenolic OH excluding ortho intramolecular Hbond substituents is 1. The zero-order chi connectivity index (χ0) is 19.9. The fourth-order valence-electron chi connectivity index (χ4n) is 3.09. The minimum absolute atomic E-state index is 0.130. The van der Waals surface area contributed by atoms with Gasteiger partial charge in [0.1, 0.15) is 5.75 Å². The third kappa shape index (κ3) is 4.32. The van der Waals surface area contributed by atoms with Crippen molar-refractivity contribution in [3.8, 4) is 17.2 Å². The second-order valence-corrected chi connectivity index (χ2v) is 6.27. The van der Waals surface area contributed by atoms with Gasteiger partial charge in [0.15, 0.2) is 18.0 Å². The molecule has 0 saturated heterocycles. The van der Waals surface area contributed by atoms with Crippen LogP contribution in [0.1, 0.15) is 11.3 Å². The van der Waals surface area contributed by atoms with Gasteiger partial charge in [-0.15, -0.1) is 0 Å². The minimum Gasteiger partial charge on any atom is -0.504 e. The molecular formula is C23H25N2O3+. The Labute approximate surface area is 165 Å². The predicted molar refractivity (Wildman–Crippen MR) is 112 cm³/mol. The number of hydrogen-bond donors (Lipinski definition) is 2. The smallest absolute Gasteiger partial charge is 0.213 e. The van der Waals surface area contributed by atoms with Crippen LogP contribution < -0.4 is 19.8 Å². The summed E-state index contributed by atoms with van der Waals surface area (Å²) in [6.07, 6.45) is 7.94. The highest BCUT2D eigenvalue weighted by Gasteiger charge is 2.13. The van der Waals surface area contributed by atoms with E-state index in [1.807, 2.05) is 42.5 Å². The van der Waals surface area contributed by atoms with E-state index in [1.165, 1.54) is 7.11 Å². The van der Waals surface area contributed by atoms with Gasteiger partial charge in [0.25, 0.3) is 0 Å². The van der Waals surface area contributed by atoms with Crippen LogP contribution in [0.4, 0.5) is 0 Å². The van der Waals surface area contributed by atoms with Crippen LogP contribution in [0.25, 0.3) is 23.1 Å². The Kier molecular flexibility index (Phi) is 6.29. The fourth-order valence-corrected chi connectivity index (χ4v) is 3.09. The summed E-state index contributed by atoms with van der Waals surface area (Å²) in [4.78, 5) is 0. The molecule has 1 aromatic heterocycles. The number of allylic oxidation sites excluding steroid dienone is 2. The number of nitrogens with two attached hydrogens (primary N) is 1. The third-order valence-corrected chi connectivity index (χ3v) is 4.49. The van der Waals surface area contributed by atoms with Crippen molar-refractivity contribution in [2.75, 3.05) is 20.8 Å². The van der Waals surface area contributed by atoms with E-state index in [4.69, 9.17) is 15.2 Å². The average Bonchev–Trinajstić information content (AvgIpc) is 2.73. The lowest BCUT2D eigenvalue weighted by atomic mass is 10.1.